The molecule has 0 aromatic heterocycles. The quantitative estimate of drug-likeness (QED) is 0.695. The van der Waals surface area contributed by atoms with Crippen LogP contribution in [-0.4, -0.2) is 0 Å². The van der Waals surface area contributed by atoms with Crippen molar-refractivity contribution in [1.82, 2.24) is 0 Å². The molecular formula is C8H10F2N2. The van der Waals surface area contributed by atoms with Crippen LogP contribution < -0.4 is 11.5 Å². The Kier molecular flexibility index (Phi) is 2.73. The highest BCUT2D eigenvalue weighted by atomic mass is 19.2. The fourth-order valence-corrected chi connectivity index (χ4v) is 0.945. The van der Waals surface area contributed by atoms with Crippen LogP contribution in [0, 0.1) is 11.6 Å². The summed E-state index contributed by atoms with van der Waals surface area (Å²) in [5.74, 6) is -1.78. The number of hydrogen-bond acceptors (Lipinski definition) is 2. The second-order valence-corrected chi connectivity index (χ2v) is 2.42. The van der Waals surface area contributed by atoms with Gasteiger partial charge in [-0.15, -0.1) is 0 Å². The van der Waals surface area contributed by atoms with Gasteiger partial charge in [-0.2, -0.15) is 0 Å². The van der Waals surface area contributed by atoms with Gasteiger partial charge in [-0.25, -0.2) is 8.78 Å². The summed E-state index contributed by atoms with van der Waals surface area (Å²) < 4.78 is 25.9. The molecule has 0 atom stereocenters. The predicted octanol–water partition coefficient (Wildman–Crippen LogP) is 0.882. The van der Waals surface area contributed by atoms with Crippen LogP contribution in [0.25, 0.3) is 0 Å². The second-order valence-electron chi connectivity index (χ2n) is 2.42. The van der Waals surface area contributed by atoms with Crippen molar-refractivity contribution in [1.29, 1.82) is 0 Å². The van der Waals surface area contributed by atoms with Gasteiger partial charge in [0, 0.05) is 24.2 Å². The zero-order chi connectivity index (χ0) is 9.14. The Morgan fingerprint density at radius 1 is 0.917 bits per heavy atom. The van der Waals surface area contributed by atoms with E-state index in [1.165, 1.54) is 12.1 Å². The molecule has 0 unspecified atom stereocenters. The third kappa shape index (κ3) is 1.44. The molecule has 4 N–H and O–H groups in total. The first-order chi connectivity index (χ1) is 5.70. The Morgan fingerprint density at radius 2 is 1.25 bits per heavy atom. The Labute approximate surface area is 69.2 Å². The Hall–Kier alpha value is -1.00. The Bertz CT molecular complexity index is 258. The summed E-state index contributed by atoms with van der Waals surface area (Å²) in [6.07, 6.45) is 0. The summed E-state index contributed by atoms with van der Waals surface area (Å²) in [5, 5.41) is 0. The minimum atomic E-state index is -0.888. The van der Waals surface area contributed by atoms with E-state index in [0.717, 1.165) is 0 Å². The first kappa shape index (κ1) is 9.09. The van der Waals surface area contributed by atoms with Gasteiger partial charge in [0.1, 0.15) is 0 Å². The van der Waals surface area contributed by atoms with Gasteiger partial charge in [0.2, 0.25) is 0 Å². The summed E-state index contributed by atoms with van der Waals surface area (Å²) in [5.41, 5.74) is 10.7. The van der Waals surface area contributed by atoms with E-state index < -0.39 is 11.6 Å². The summed E-state index contributed by atoms with van der Waals surface area (Å²) in [6, 6.07) is 2.89. The topological polar surface area (TPSA) is 52.0 Å². The van der Waals surface area contributed by atoms with Crippen molar-refractivity contribution < 1.29 is 8.78 Å². The molecule has 66 valence electrons. The van der Waals surface area contributed by atoms with Crippen molar-refractivity contribution in [3.05, 3.63) is 34.9 Å². The molecule has 0 aliphatic carbocycles. The van der Waals surface area contributed by atoms with E-state index in [2.05, 4.69) is 0 Å². The molecule has 0 aliphatic rings. The lowest BCUT2D eigenvalue weighted by Gasteiger charge is -2.04. The number of rotatable bonds is 2. The van der Waals surface area contributed by atoms with Crippen LogP contribution in [0.15, 0.2) is 12.1 Å². The number of nitrogens with two attached hydrogens (primary N) is 2. The zero-order valence-corrected chi connectivity index (χ0v) is 6.48. The molecule has 0 aliphatic heterocycles. The first-order valence-electron chi connectivity index (χ1n) is 3.56. The minimum absolute atomic E-state index is 0.00634. The fourth-order valence-electron chi connectivity index (χ4n) is 0.945. The van der Waals surface area contributed by atoms with Crippen LogP contribution in [0.3, 0.4) is 0 Å². The normalized spacial score (nSPS) is 10.3. The highest BCUT2D eigenvalue weighted by Crippen LogP contribution is 2.15. The molecule has 1 aromatic carbocycles. The van der Waals surface area contributed by atoms with Gasteiger partial charge >= 0.3 is 0 Å². The number of halogens is 2. The van der Waals surface area contributed by atoms with Gasteiger partial charge in [0.05, 0.1) is 0 Å². The maximum Gasteiger partial charge on any atom is 0.163 e. The second kappa shape index (κ2) is 3.60. The third-order valence-electron chi connectivity index (χ3n) is 1.68. The van der Waals surface area contributed by atoms with Gasteiger partial charge in [-0.05, 0) is 0 Å². The van der Waals surface area contributed by atoms with E-state index in [1.54, 1.807) is 0 Å². The third-order valence-corrected chi connectivity index (χ3v) is 1.68. The molecule has 1 aromatic rings. The van der Waals surface area contributed by atoms with Gasteiger partial charge in [-0.1, -0.05) is 12.1 Å². The van der Waals surface area contributed by atoms with Crippen molar-refractivity contribution in [3.63, 3.8) is 0 Å². The Morgan fingerprint density at radius 3 is 1.50 bits per heavy atom. The van der Waals surface area contributed by atoms with Crippen LogP contribution in [0.2, 0.25) is 0 Å². The molecule has 0 heterocycles. The van der Waals surface area contributed by atoms with Gasteiger partial charge < -0.3 is 11.5 Å². The van der Waals surface area contributed by atoms with Crippen LogP contribution in [-0.2, 0) is 13.1 Å². The van der Waals surface area contributed by atoms with E-state index in [4.69, 9.17) is 11.5 Å². The first-order valence-corrected chi connectivity index (χ1v) is 3.56. The molecule has 0 spiro atoms. The molecule has 0 radical (unpaired) electrons. The van der Waals surface area contributed by atoms with Crippen LogP contribution in [0.4, 0.5) is 8.78 Å². The highest BCUT2D eigenvalue weighted by molar-refractivity contribution is 5.26. The van der Waals surface area contributed by atoms with Crippen molar-refractivity contribution >= 4 is 0 Å². The van der Waals surface area contributed by atoms with Gasteiger partial charge in [0.25, 0.3) is 0 Å². The van der Waals surface area contributed by atoms with Crippen molar-refractivity contribution in [3.8, 4) is 0 Å². The lowest BCUT2D eigenvalue weighted by atomic mass is 10.1. The fraction of sp³-hybridized carbons (Fsp3) is 0.250. The summed E-state index contributed by atoms with van der Waals surface area (Å²) in [6.45, 7) is -0.0127. The lowest BCUT2D eigenvalue weighted by Crippen LogP contribution is -2.07. The standard InChI is InChI=1S/C8H10F2N2/c9-7-5(3-11)1-2-6(4-12)8(7)10/h1-2H,3-4,11-12H2. The van der Waals surface area contributed by atoms with Crippen molar-refractivity contribution in [2.24, 2.45) is 11.5 Å². The molecule has 12 heavy (non-hydrogen) atoms. The molecule has 0 saturated carbocycles. The molecular weight excluding hydrogens is 162 g/mol. The number of benzene rings is 1. The SMILES string of the molecule is NCc1ccc(CN)c(F)c1F. The van der Waals surface area contributed by atoms with E-state index in [0.29, 0.717) is 0 Å². The van der Waals surface area contributed by atoms with E-state index in [1.807, 2.05) is 0 Å². The van der Waals surface area contributed by atoms with Crippen molar-refractivity contribution in [2.75, 3.05) is 0 Å². The predicted molar refractivity (Wildman–Crippen MR) is 42.1 cm³/mol. The van der Waals surface area contributed by atoms with Crippen LogP contribution in [0.5, 0.6) is 0 Å². The molecule has 2 nitrogen and oxygen atoms in total. The largest absolute Gasteiger partial charge is 0.326 e. The maximum atomic E-state index is 12.9. The smallest absolute Gasteiger partial charge is 0.163 e. The molecule has 0 saturated heterocycles. The summed E-state index contributed by atoms with van der Waals surface area (Å²) in [7, 11) is 0. The minimum Gasteiger partial charge on any atom is -0.326 e. The molecule has 0 bridgehead atoms. The van der Waals surface area contributed by atoms with Crippen LogP contribution >= 0.6 is 0 Å². The van der Waals surface area contributed by atoms with E-state index >= 15 is 0 Å². The molecule has 1 rings (SSSR count). The average molecular weight is 172 g/mol. The van der Waals surface area contributed by atoms with Crippen LogP contribution in [0.1, 0.15) is 11.1 Å². The zero-order valence-electron chi connectivity index (χ0n) is 6.48. The van der Waals surface area contributed by atoms with Gasteiger partial charge in [0.15, 0.2) is 11.6 Å². The molecule has 0 amide bonds. The van der Waals surface area contributed by atoms with Crippen molar-refractivity contribution in [2.45, 2.75) is 13.1 Å². The number of hydrogen-bond donors (Lipinski definition) is 2. The summed E-state index contributed by atoms with van der Waals surface area (Å²) in [4.78, 5) is 0. The highest BCUT2D eigenvalue weighted by Gasteiger charge is 2.10. The molecule has 0 fully saturated rings. The van der Waals surface area contributed by atoms with E-state index in [-0.39, 0.29) is 24.2 Å². The Balaban J connectivity index is 3.20. The van der Waals surface area contributed by atoms with Gasteiger partial charge in [-0.3, -0.25) is 0 Å². The maximum absolute atomic E-state index is 12.9. The lowest BCUT2D eigenvalue weighted by molar-refractivity contribution is 0.490. The summed E-state index contributed by atoms with van der Waals surface area (Å²) >= 11 is 0. The molecule has 4 heteroatoms. The van der Waals surface area contributed by atoms with E-state index in [9.17, 15) is 8.78 Å². The average Bonchev–Trinajstić information content (AvgIpc) is 2.10. The monoisotopic (exact) mass is 172 g/mol.